The summed E-state index contributed by atoms with van der Waals surface area (Å²) in [5.41, 5.74) is 0. The van der Waals surface area contributed by atoms with Gasteiger partial charge in [-0.1, -0.05) is 42.8 Å². The number of aromatic nitrogens is 2. The van der Waals surface area contributed by atoms with E-state index in [-0.39, 0.29) is 11.3 Å². The summed E-state index contributed by atoms with van der Waals surface area (Å²) in [6, 6.07) is 10.2. The highest BCUT2D eigenvalue weighted by molar-refractivity contribution is 7.99. The third-order valence-corrected chi connectivity index (χ3v) is 6.66. The third kappa shape index (κ3) is 4.31. The summed E-state index contributed by atoms with van der Waals surface area (Å²) in [4.78, 5) is 8.78. The zero-order valence-corrected chi connectivity index (χ0v) is 14.3. The first-order chi connectivity index (χ1) is 11.1. The van der Waals surface area contributed by atoms with Crippen LogP contribution in [0.4, 0.5) is 0 Å². The summed E-state index contributed by atoms with van der Waals surface area (Å²) in [5, 5.41) is 0.855. The van der Waals surface area contributed by atoms with Gasteiger partial charge in [0.05, 0.1) is 4.90 Å². The number of hydrogen-bond donors (Lipinski definition) is 1. The van der Waals surface area contributed by atoms with E-state index in [1.807, 2.05) is 6.07 Å². The molecule has 1 heterocycles. The minimum atomic E-state index is -3.49. The van der Waals surface area contributed by atoms with Crippen molar-refractivity contribution in [1.82, 2.24) is 14.7 Å². The molecule has 122 valence electrons. The summed E-state index contributed by atoms with van der Waals surface area (Å²) in [7, 11) is -3.49. The fraction of sp³-hybridized carbons (Fsp3) is 0.375. The van der Waals surface area contributed by atoms with E-state index in [0.29, 0.717) is 10.1 Å². The molecule has 0 amide bonds. The van der Waals surface area contributed by atoms with Crippen molar-refractivity contribution in [3.05, 3.63) is 48.8 Å². The van der Waals surface area contributed by atoms with Gasteiger partial charge in [-0.3, -0.25) is 0 Å². The summed E-state index contributed by atoms with van der Waals surface area (Å²) < 4.78 is 28.0. The van der Waals surface area contributed by atoms with Crippen molar-refractivity contribution in [3.8, 4) is 0 Å². The Balaban J connectivity index is 1.74. The fourth-order valence-electron chi connectivity index (χ4n) is 2.72. The van der Waals surface area contributed by atoms with Crippen LogP contribution in [0, 0.1) is 0 Å². The lowest BCUT2D eigenvalue weighted by molar-refractivity contribution is 0.422. The minimum absolute atomic E-state index is 0.0947. The van der Waals surface area contributed by atoms with E-state index in [1.54, 1.807) is 54.5 Å². The summed E-state index contributed by atoms with van der Waals surface area (Å²) in [5.74, 6) is 0. The van der Waals surface area contributed by atoms with Crippen molar-refractivity contribution in [2.75, 3.05) is 0 Å². The Kier molecular flexibility index (Phi) is 5.30. The van der Waals surface area contributed by atoms with Crippen molar-refractivity contribution < 1.29 is 8.42 Å². The lowest BCUT2D eigenvalue weighted by Gasteiger charge is -2.30. The zero-order valence-electron chi connectivity index (χ0n) is 12.6. The molecule has 2 aromatic rings. The number of nitrogens with one attached hydrogen (secondary N) is 1. The highest BCUT2D eigenvalue weighted by atomic mass is 32.2. The predicted octanol–water partition coefficient (Wildman–Crippen LogP) is 2.86. The normalized spacial score (nSPS) is 21.9. The second kappa shape index (κ2) is 7.42. The van der Waals surface area contributed by atoms with Crippen LogP contribution in [0.15, 0.2) is 58.8 Å². The first-order valence-electron chi connectivity index (χ1n) is 7.66. The van der Waals surface area contributed by atoms with Crippen molar-refractivity contribution in [2.24, 2.45) is 0 Å². The molecule has 1 aromatic heterocycles. The largest absolute Gasteiger partial charge is 0.240 e. The molecule has 0 aliphatic heterocycles. The Labute approximate surface area is 141 Å². The molecule has 1 aromatic carbocycles. The molecule has 1 aliphatic carbocycles. The van der Waals surface area contributed by atoms with E-state index in [4.69, 9.17) is 0 Å². The van der Waals surface area contributed by atoms with E-state index in [1.165, 1.54) is 0 Å². The van der Waals surface area contributed by atoms with Gasteiger partial charge in [0.15, 0.2) is 5.16 Å². The number of benzene rings is 1. The average molecular weight is 349 g/mol. The Morgan fingerprint density at radius 3 is 2.43 bits per heavy atom. The maximum absolute atomic E-state index is 12.5. The monoisotopic (exact) mass is 349 g/mol. The van der Waals surface area contributed by atoms with Crippen LogP contribution < -0.4 is 4.72 Å². The van der Waals surface area contributed by atoms with E-state index in [2.05, 4.69) is 14.7 Å². The van der Waals surface area contributed by atoms with Crippen LogP contribution in [0.5, 0.6) is 0 Å². The van der Waals surface area contributed by atoms with Gasteiger partial charge in [0.1, 0.15) is 0 Å². The van der Waals surface area contributed by atoms with Gasteiger partial charge in [-0.25, -0.2) is 23.1 Å². The molecule has 5 nitrogen and oxygen atoms in total. The summed E-state index contributed by atoms with van der Waals surface area (Å²) in [6.07, 6.45) is 7.37. The molecule has 0 bridgehead atoms. The Morgan fingerprint density at radius 2 is 1.70 bits per heavy atom. The second-order valence-electron chi connectivity index (χ2n) is 5.51. The lowest BCUT2D eigenvalue weighted by atomic mass is 9.96. The molecular weight excluding hydrogens is 330 g/mol. The van der Waals surface area contributed by atoms with Gasteiger partial charge >= 0.3 is 0 Å². The molecular formula is C16H19N3O2S2. The maximum atomic E-state index is 12.5. The van der Waals surface area contributed by atoms with Crippen molar-refractivity contribution >= 4 is 21.8 Å². The Morgan fingerprint density at radius 1 is 1.00 bits per heavy atom. The molecule has 23 heavy (non-hydrogen) atoms. The maximum Gasteiger partial charge on any atom is 0.240 e. The first-order valence-corrected chi connectivity index (χ1v) is 10.0. The van der Waals surface area contributed by atoms with Crippen LogP contribution in [0.2, 0.25) is 0 Å². The van der Waals surface area contributed by atoms with Gasteiger partial charge in [-0.2, -0.15) is 0 Å². The molecule has 3 rings (SSSR count). The number of nitrogens with zero attached hydrogens (tertiary/aromatic N) is 2. The Bertz CT molecular complexity index is 724. The predicted molar refractivity (Wildman–Crippen MR) is 90.7 cm³/mol. The topological polar surface area (TPSA) is 72.0 Å². The van der Waals surface area contributed by atoms with E-state index >= 15 is 0 Å². The lowest BCUT2D eigenvalue weighted by Crippen LogP contribution is -2.43. The molecule has 0 spiro atoms. The number of rotatable bonds is 5. The van der Waals surface area contributed by atoms with Gasteiger partial charge in [-0.05, 0) is 31.0 Å². The van der Waals surface area contributed by atoms with E-state index in [9.17, 15) is 8.42 Å². The molecule has 1 aliphatic rings. The standard InChI is InChI=1S/C16H19N3O2S2/c20-23(21,13-7-2-1-3-8-13)19-14-9-4-5-10-15(14)22-16-17-11-6-12-18-16/h1-3,6-8,11-12,14-15,19H,4-5,9-10H2/t14-,15+/m0/s1. The molecule has 0 radical (unpaired) electrons. The van der Waals surface area contributed by atoms with Crippen LogP contribution in [0.1, 0.15) is 25.7 Å². The van der Waals surface area contributed by atoms with Crippen LogP contribution in [0.3, 0.4) is 0 Å². The Hall–Kier alpha value is -1.44. The van der Waals surface area contributed by atoms with E-state index in [0.717, 1.165) is 25.7 Å². The summed E-state index contributed by atoms with van der Waals surface area (Å²) >= 11 is 1.56. The minimum Gasteiger partial charge on any atom is -0.231 e. The van der Waals surface area contributed by atoms with Crippen molar-refractivity contribution in [2.45, 2.75) is 47.0 Å². The van der Waals surface area contributed by atoms with Gasteiger partial charge in [-0.15, -0.1) is 0 Å². The molecule has 1 saturated carbocycles. The van der Waals surface area contributed by atoms with E-state index < -0.39 is 10.0 Å². The molecule has 7 heteroatoms. The molecule has 0 unspecified atom stereocenters. The van der Waals surface area contributed by atoms with Gasteiger partial charge < -0.3 is 0 Å². The average Bonchev–Trinajstić information content (AvgIpc) is 2.58. The fourth-order valence-corrected chi connectivity index (χ4v) is 5.31. The molecule has 2 atom stereocenters. The highest BCUT2D eigenvalue weighted by Crippen LogP contribution is 2.32. The van der Waals surface area contributed by atoms with Crippen molar-refractivity contribution in [3.63, 3.8) is 0 Å². The number of sulfonamides is 1. The van der Waals surface area contributed by atoms with Gasteiger partial charge in [0, 0.05) is 23.7 Å². The van der Waals surface area contributed by atoms with Crippen molar-refractivity contribution in [1.29, 1.82) is 0 Å². The summed E-state index contributed by atoms with van der Waals surface area (Å²) in [6.45, 7) is 0. The highest BCUT2D eigenvalue weighted by Gasteiger charge is 2.30. The second-order valence-corrected chi connectivity index (χ2v) is 8.43. The number of thioether (sulfide) groups is 1. The third-order valence-electron chi connectivity index (χ3n) is 3.86. The van der Waals surface area contributed by atoms with Gasteiger partial charge in [0.25, 0.3) is 0 Å². The van der Waals surface area contributed by atoms with Crippen LogP contribution in [-0.4, -0.2) is 29.7 Å². The molecule has 1 N–H and O–H groups in total. The molecule has 0 saturated heterocycles. The van der Waals surface area contributed by atoms with Gasteiger partial charge in [0.2, 0.25) is 10.0 Å². The first kappa shape index (κ1) is 16.4. The zero-order chi connectivity index (χ0) is 16.1. The molecule has 1 fully saturated rings. The van der Waals surface area contributed by atoms with Crippen LogP contribution in [0.25, 0.3) is 0 Å². The number of hydrogen-bond acceptors (Lipinski definition) is 5. The SMILES string of the molecule is O=S(=O)(N[C@H]1CCCC[C@H]1Sc1ncccn1)c1ccccc1. The quantitative estimate of drug-likeness (QED) is 0.841. The van der Waals surface area contributed by atoms with Crippen LogP contribution >= 0.6 is 11.8 Å². The van der Waals surface area contributed by atoms with Crippen LogP contribution in [-0.2, 0) is 10.0 Å². The smallest absolute Gasteiger partial charge is 0.231 e.